The van der Waals surface area contributed by atoms with Crippen molar-refractivity contribution in [1.82, 2.24) is 5.32 Å². The summed E-state index contributed by atoms with van der Waals surface area (Å²) in [5.41, 5.74) is 0.575. The van der Waals surface area contributed by atoms with Gasteiger partial charge in [0.05, 0.1) is 12.8 Å². The second-order valence-electron chi connectivity index (χ2n) is 5.29. The largest absolute Gasteiger partial charge is 0.495 e. The Hall–Kier alpha value is -1.75. The Morgan fingerprint density at radius 2 is 2.04 bits per heavy atom. The van der Waals surface area contributed by atoms with Crippen molar-refractivity contribution in [2.24, 2.45) is 0 Å². The standard InChI is InChI=1S/C17H25ClN2O3/c1-4-5-6-10-19-17(22)9-11-20(13(2)21)15-12-14(18)7-8-16(15)23-3/h7-8,12H,4-6,9-11H2,1-3H3,(H,19,22). The van der Waals surface area contributed by atoms with Crippen LogP contribution in [0.25, 0.3) is 0 Å². The maximum Gasteiger partial charge on any atom is 0.223 e. The molecule has 0 aliphatic heterocycles. The van der Waals surface area contributed by atoms with Crippen molar-refractivity contribution >= 4 is 29.1 Å². The van der Waals surface area contributed by atoms with Crippen LogP contribution < -0.4 is 15.0 Å². The molecule has 0 bridgehead atoms. The second-order valence-corrected chi connectivity index (χ2v) is 5.73. The lowest BCUT2D eigenvalue weighted by Gasteiger charge is -2.23. The number of anilines is 1. The molecule has 5 nitrogen and oxygen atoms in total. The average Bonchev–Trinajstić information content (AvgIpc) is 2.51. The minimum absolute atomic E-state index is 0.0617. The molecule has 23 heavy (non-hydrogen) atoms. The Morgan fingerprint density at radius 3 is 2.65 bits per heavy atom. The summed E-state index contributed by atoms with van der Waals surface area (Å²) in [6, 6.07) is 5.07. The summed E-state index contributed by atoms with van der Waals surface area (Å²) in [4.78, 5) is 25.3. The molecule has 0 saturated carbocycles. The molecule has 0 fully saturated rings. The van der Waals surface area contributed by atoms with Crippen LogP contribution in [0.5, 0.6) is 5.75 Å². The number of nitrogens with zero attached hydrogens (tertiary/aromatic N) is 1. The Balaban J connectivity index is 2.68. The second kappa shape index (κ2) is 10.1. The molecule has 1 aromatic rings. The van der Waals surface area contributed by atoms with Gasteiger partial charge in [0.15, 0.2) is 0 Å². The molecule has 0 aliphatic rings. The third kappa shape index (κ3) is 6.48. The minimum Gasteiger partial charge on any atom is -0.495 e. The van der Waals surface area contributed by atoms with Crippen LogP contribution in [0, 0.1) is 0 Å². The van der Waals surface area contributed by atoms with Crippen molar-refractivity contribution in [2.45, 2.75) is 39.5 Å². The number of hydrogen-bond donors (Lipinski definition) is 1. The highest BCUT2D eigenvalue weighted by Crippen LogP contribution is 2.31. The number of rotatable bonds is 9. The first-order chi connectivity index (χ1) is 11.0. The van der Waals surface area contributed by atoms with Crippen LogP contribution >= 0.6 is 11.6 Å². The van der Waals surface area contributed by atoms with Crippen LogP contribution in [0.2, 0.25) is 5.02 Å². The lowest BCUT2D eigenvalue weighted by molar-refractivity contribution is -0.121. The highest BCUT2D eigenvalue weighted by molar-refractivity contribution is 6.31. The van der Waals surface area contributed by atoms with E-state index in [4.69, 9.17) is 16.3 Å². The summed E-state index contributed by atoms with van der Waals surface area (Å²) < 4.78 is 5.28. The molecule has 2 amide bonds. The number of amides is 2. The molecular formula is C17H25ClN2O3. The molecule has 1 N–H and O–H groups in total. The molecule has 1 rings (SSSR count). The average molecular weight is 341 g/mol. The number of nitrogens with one attached hydrogen (secondary N) is 1. The molecule has 128 valence electrons. The normalized spacial score (nSPS) is 10.3. The van der Waals surface area contributed by atoms with Crippen molar-refractivity contribution in [1.29, 1.82) is 0 Å². The first kappa shape index (κ1) is 19.3. The molecule has 0 spiro atoms. The zero-order valence-corrected chi connectivity index (χ0v) is 14.8. The van der Waals surface area contributed by atoms with E-state index in [1.807, 2.05) is 0 Å². The monoisotopic (exact) mass is 340 g/mol. The molecule has 0 heterocycles. The summed E-state index contributed by atoms with van der Waals surface area (Å²) in [5.74, 6) is 0.325. The Kier molecular flexibility index (Phi) is 8.48. The van der Waals surface area contributed by atoms with E-state index in [-0.39, 0.29) is 24.8 Å². The molecule has 0 radical (unpaired) electrons. The van der Waals surface area contributed by atoms with E-state index < -0.39 is 0 Å². The summed E-state index contributed by atoms with van der Waals surface area (Å²) in [6.07, 6.45) is 3.42. The van der Waals surface area contributed by atoms with Crippen molar-refractivity contribution in [3.8, 4) is 5.75 Å². The smallest absolute Gasteiger partial charge is 0.223 e. The van der Waals surface area contributed by atoms with Gasteiger partial charge in [0, 0.05) is 31.5 Å². The predicted octanol–water partition coefficient (Wildman–Crippen LogP) is 3.40. The Morgan fingerprint density at radius 1 is 1.30 bits per heavy atom. The third-order valence-corrected chi connectivity index (χ3v) is 3.71. The van der Waals surface area contributed by atoms with Crippen molar-refractivity contribution < 1.29 is 14.3 Å². The van der Waals surface area contributed by atoms with Gasteiger partial charge in [-0.1, -0.05) is 31.4 Å². The first-order valence-electron chi connectivity index (χ1n) is 7.88. The number of hydrogen-bond acceptors (Lipinski definition) is 3. The highest BCUT2D eigenvalue weighted by atomic mass is 35.5. The van der Waals surface area contributed by atoms with Crippen LogP contribution in [-0.2, 0) is 9.59 Å². The SMILES string of the molecule is CCCCCNC(=O)CCN(C(C)=O)c1cc(Cl)ccc1OC. The highest BCUT2D eigenvalue weighted by Gasteiger charge is 2.17. The number of methoxy groups -OCH3 is 1. The number of carbonyl (C=O) groups is 2. The lowest BCUT2D eigenvalue weighted by Crippen LogP contribution is -2.34. The van der Waals surface area contributed by atoms with Gasteiger partial charge in [0.2, 0.25) is 11.8 Å². The molecule has 0 unspecified atom stereocenters. The molecule has 0 aliphatic carbocycles. The summed E-state index contributed by atoms with van der Waals surface area (Å²) in [5, 5.41) is 3.38. The van der Waals surface area contributed by atoms with Crippen molar-refractivity contribution in [3.05, 3.63) is 23.2 Å². The van der Waals surface area contributed by atoms with E-state index in [9.17, 15) is 9.59 Å². The van der Waals surface area contributed by atoms with Gasteiger partial charge in [0.25, 0.3) is 0 Å². The predicted molar refractivity (Wildman–Crippen MR) is 93.2 cm³/mol. The van der Waals surface area contributed by atoms with Crippen LogP contribution in [0.4, 0.5) is 5.69 Å². The number of ether oxygens (including phenoxy) is 1. The molecular weight excluding hydrogens is 316 g/mol. The lowest BCUT2D eigenvalue weighted by atomic mass is 10.2. The van der Waals surface area contributed by atoms with Gasteiger partial charge in [-0.2, -0.15) is 0 Å². The maximum atomic E-state index is 11.9. The van der Waals surface area contributed by atoms with Gasteiger partial charge in [-0.15, -0.1) is 0 Å². The quantitative estimate of drug-likeness (QED) is 0.701. The summed E-state index contributed by atoms with van der Waals surface area (Å²) in [6.45, 7) is 4.53. The molecule has 1 aromatic carbocycles. The van der Waals surface area contributed by atoms with Gasteiger partial charge < -0.3 is 15.0 Å². The number of benzene rings is 1. The Bertz CT molecular complexity index is 535. The summed E-state index contributed by atoms with van der Waals surface area (Å²) >= 11 is 6.01. The number of unbranched alkanes of at least 4 members (excludes halogenated alkanes) is 2. The van der Waals surface area contributed by atoms with E-state index in [0.717, 1.165) is 19.3 Å². The number of carbonyl (C=O) groups excluding carboxylic acids is 2. The van der Waals surface area contributed by atoms with Crippen molar-refractivity contribution in [3.63, 3.8) is 0 Å². The molecule has 0 aromatic heterocycles. The van der Waals surface area contributed by atoms with Crippen LogP contribution in [0.1, 0.15) is 39.5 Å². The van der Waals surface area contributed by atoms with E-state index in [0.29, 0.717) is 23.0 Å². The van der Waals surface area contributed by atoms with Gasteiger partial charge in [-0.25, -0.2) is 0 Å². The van der Waals surface area contributed by atoms with Gasteiger partial charge in [-0.3, -0.25) is 9.59 Å². The van der Waals surface area contributed by atoms with Gasteiger partial charge in [0.1, 0.15) is 5.75 Å². The molecule has 6 heteroatoms. The Labute approximate surface area is 142 Å². The van der Waals surface area contributed by atoms with E-state index in [1.54, 1.807) is 18.2 Å². The van der Waals surface area contributed by atoms with E-state index >= 15 is 0 Å². The zero-order chi connectivity index (χ0) is 17.2. The fraction of sp³-hybridized carbons (Fsp3) is 0.529. The summed E-state index contributed by atoms with van der Waals surface area (Å²) in [7, 11) is 1.53. The van der Waals surface area contributed by atoms with Crippen LogP contribution in [-0.4, -0.2) is 32.0 Å². The molecule has 0 atom stereocenters. The maximum absolute atomic E-state index is 11.9. The van der Waals surface area contributed by atoms with Crippen LogP contribution in [0.3, 0.4) is 0 Å². The zero-order valence-electron chi connectivity index (χ0n) is 14.0. The topological polar surface area (TPSA) is 58.6 Å². The fourth-order valence-electron chi connectivity index (χ4n) is 2.23. The minimum atomic E-state index is -0.163. The van der Waals surface area contributed by atoms with Crippen molar-refractivity contribution in [2.75, 3.05) is 25.1 Å². The third-order valence-electron chi connectivity index (χ3n) is 3.48. The van der Waals surface area contributed by atoms with Gasteiger partial charge in [-0.05, 0) is 24.6 Å². The van der Waals surface area contributed by atoms with Crippen LogP contribution in [0.15, 0.2) is 18.2 Å². The fourth-order valence-corrected chi connectivity index (χ4v) is 2.39. The van der Waals surface area contributed by atoms with E-state index in [1.165, 1.54) is 18.9 Å². The first-order valence-corrected chi connectivity index (χ1v) is 8.25. The van der Waals surface area contributed by atoms with Gasteiger partial charge >= 0.3 is 0 Å². The van der Waals surface area contributed by atoms with E-state index in [2.05, 4.69) is 12.2 Å². The number of halogens is 1. The molecule has 0 saturated heterocycles.